The molecule has 3 rings (SSSR count). The molecular weight excluding hydrogens is 402 g/mol. The van der Waals surface area contributed by atoms with Gasteiger partial charge in [0.2, 0.25) is 0 Å². The Balaban J connectivity index is 1.88. The number of hydrogen-bond acceptors (Lipinski definition) is 5. The predicted octanol–water partition coefficient (Wildman–Crippen LogP) is 5.18. The molecule has 0 aliphatic carbocycles. The molecule has 2 aromatic carbocycles. The molecule has 1 N–H and O–H groups in total. The summed E-state index contributed by atoms with van der Waals surface area (Å²) in [6.45, 7) is 2.11. The Hall–Kier alpha value is -2.09. The summed E-state index contributed by atoms with van der Waals surface area (Å²) in [7, 11) is -1.77. The lowest BCUT2D eigenvalue weighted by molar-refractivity contribution is 0.601. The Morgan fingerprint density at radius 2 is 1.96 bits per heavy atom. The number of rotatable bonds is 7. The second-order valence-corrected chi connectivity index (χ2v) is 8.99. The van der Waals surface area contributed by atoms with Gasteiger partial charge in [-0.3, -0.25) is 4.72 Å². The van der Waals surface area contributed by atoms with Crippen molar-refractivity contribution in [1.82, 2.24) is 4.98 Å². The van der Waals surface area contributed by atoms with Crippen LogP contribution in [0.2, 0.25) is 5.02 Å². The lowest BCUT2D eigenvalue weighted by Crippen LogP contribution is -2.24. The maximum Gasteiger partial charge on any atom is 0.263 e. The smallest absolute Gasteiger partial charge is 0.263 e. The lowest BCUT2D eigenvalue weighted by atomic mass is 10.0. The summed E-state index contributed by atoms with van der Waals surface area (Å²) in [5, 5.41) is 2.41. The van der Waals surface area contributed by atoms with E-state index in [4.69, 9.17) is 11.6 Å². The summed E-state index contributed by atoms with van der Waals surface area (Å²) in [5.41, 5.74) is 1.96. The van der Waals surface area contributed by atoms with Crippen LogP contribution in [0.15, 0.2) is 65.0 Å². The molecule has 1 aromatic heterocycles. The fourth-order valence-corrected chi connectivity index (χ4v) is 5.16. The maximum atomic E-state index is 12.5. The molecule has 1 atom stereocenters. The van der Waals surface area contributed by atoms with Crippen molar-refractivity contribution in [3.63, 3.8) is 0 Å². The third kappa shape index (κ3) is 4.43. The van der Waals surface area contributed by atoms with E-state index >= 15 is 0 Å². The van der Waals surface area contributed by atoms with Crippen LogP contribution in [0, 0.1) is 0 Å². The number of nitrogens with one attached hydrogen (secondary N) is 1. The normalized spacial score (nSPS) is 12.6. The van der Waals surface area contributed by atoms with Crippen LogP contribution in [0.3, 0.4) is 0 Å². The Bertz CT molecular complexity index is 993. The quantitative estimate of drug-likeness (QED) is 0.570. The first-order valence-electron chi connectivity index (χ1n) is 8.42. The van der Waals surface area contributed by atoms with Crippen molar-refractivity contribution in [3.8, 4) is 0 Å². The van der Waals surface area contributed by atoms with Gasteiger partial charge in [-0.15, -0.1) is 11.3 Å². The number of benzene rings is 2. The number of anilines is 2. The second-order valence-electron chi connectivity index (χ2n) is 6.00. The summed E-state index contributed by atoms with van der Waals surface area (Å²) in [6, 6.07) is 15.1. The van der Waals surface area contributed by atoms with E-state index in [0.717, 1.165) is 12.1 Å². The van der Waals surface area contributed by atoms with Crippen molar-refractivity contribution >= 4 is 43.8 Å². The zero-order valence-electron chi connectivity index (χ0n) is 15.0. The fraction of sp³-hybridized carbons (Fsp3) is 0.211. The van der Waals surface area contributed by atoms with Gasteiger partial charge in [0.1, 0.15) is 0 Å². The molecule has 0 fully saturated rings. The zero-order chi connectivity index (χ0) is 19.4. The van der Waals surface area contributed by atoms with Gasteiger partial charge in [0, 0.05) is 18.6 Å². The molecule has 27 heavy (non-hydrogen) atoms. The van der Waals surface area contributed by atoms with Gasteiger partial charge in [-0.2, -0.15) is 0 Å². The van der Waals surface area contributed by atoms with Crippen LogP contribution >= 0.6 is 22.9 Å². The highest BCUT2D eigenvalue weighted by molar-refractivity contribution is 7.93. The van der Waals surface area contributed by atoms with Crippen LogP contribution in [0.4, 0.5) is 10.8 Å². The minimum atomic E-state index is -3.73. The molecule has 1 heterocycles. The zero-order valence-corrected chi connectivity index (χ0v) is 17.4. The molecule has 0 spiro atoms. The molecule has 3 aromatic rings. The highest BCUT2D eigenvalue weighted by Gasteiger charge is 2.21. The number of nitrogens with zero attached hydrogens (tertiary/aromatic N) is 2. The van der Waals surface area contributed by atoms with Gasteiger partial charge in [-0.05, 0) is 30.2 Å². The first kappa shape index (κ1) is 19.7. The third-order valence-corrected chi connectivity index (χ3v) is 6.76. The molecular formula is C19H20ClN3O2S2. The van der Waals surface area contributed by atoms with Gasteiger partial charge in [0.05, 0.1) is 21.6 Å². The summed E-state index contributed by atoms with van der Waals surface area (Å²) >= 11 is 7.67. The molecule has 0 bridgehead atoms. The molecule has 0 saturated carbocycles. The molecule has 0 amide bonds. The summed E-state index contributed by atoms with van der Waals surface area (Å²) < 4.78 is 27.5. The third-order valence-electron chi connectivity index (χ3n) is 4.30. The topological polar surface area (TPSA) is 62.3 Å². The van der Waals surface area contributed by atoms with E-state index in [1.54, 1.807) is 23.7 Å². The molecule has 142 valence electrons. The van der Waals surface area contributed by atoms with E-state index < -0.39 is 10.0 Å². The Kier molecular flexibility index (Phi) is 6.04. The molecule has 0 saturated heterocycles. The van der Waals surface area contributed by atoms with Crippen molar-refractivity contribution in [3.05, 3.63) is 70.7 Å². The molecule has 1 unspecified atom stereocenters. The standard InChI is InChI=1S/C19H20ClN3O2S2/c1-3-17(14-7-5-4-6-8-14)23(2)18-10-9-15(13-16(18)20)27(24,25)22-19-21-11-12-26-19/h4-13,17H,3H2,1-2H3,(H,21,22). The molecule has 5 nitrogen and oxygen atoms in total. The first-order chi connectivity index (χ1) is 12.9. The van der Waals surface area contributed by atoms with Gasteiger partial charge < -0.3 is 4.90 Å². The van der Waals surface area contributed by atoms with Crippen LogP contribution in [0.25, 0.3) is 0 Å². The summed E-state index contributed by atoms with van der Waals surface area (Å²) in [6.07, 6.45) is 2.44. The summed E-state index contributed by atoms with van der Waals surface area (Å²) in [5.74, 6) is 0. The van der Waals surface area contributed by atoms with E-state index in [1.165, 1.54) is 23.0 Å². The molecule has 8 heteroatoms. The van der Waals surface area contributed by atoms with Crippen molar-refractivity contribution < 1.29 is 8.42 Å². The van der Waals surface area contributed by atoms with Crippen molar-refractivity contribution in [2.45, 2.75) is 24.3 Å². The van der Waals surface area contributed by atoms with E-state index in [0.29, 0.717) is 10.2 Å². The Labute approximate surface area is 168 Å². The van der Waals surface area contributed by atoms with Crippen LogP contribution < -0.4 is 9.62 Å². The van der Waals surface area contributed by atoms with Crippen LogP contribution in [-0.2, 0) is 10.0 Å². The predicted molar refractivity (Wildman–Crippen MR) is 112 cm³/mol. The Morgan fingerprint density at radius 1 is 1.22 bits per heavy atom. The van der Waals surface area contributed by atoms with Gasteiger partial charge in [-0.25, -0.2) is 13.4 Å². The number of sulfonamides is 1. The van der Waals surface area contributed by atoms with Gasteiger partial charge in [-0.1, -0.05) is 48.9 Å². The SMILES string of the molecule is CCC(c1ccccc1)N(C)c1ccc(S(=O)(=O)Nc2nccs2)cc1Cl. The first-order valence-corrected chi connectivity index (χ1v) is 11.2. The van der Waals surface area contributed by atoms with Gasteiger partial charge >= 0.3 is 0 Å². The van der Waals surface area contributed by atoms with E-state index in [9.17, 15) is 8.42 Å². The monoisotopic (exact) mass is 421 g/mol. The highest BCUT2D eigenvalue weighted by atomic mass is 35.5. The van der Waals surface area contributed by atoms with Crippen molar-refractivity contribution in [2.24, 2.45) is 0 Å². The van der Waals surface area contributed by atoms with Crippen molar-refractivity contribution in [1.29, 1.82) is 0 Å². The van der Waals surface area contributed by atoms with Crippen molar-refractivity contribution in [2.75, 3.05) is 16.7 Å². The van der Waals surface area contributed by atoms with E-state index in [2.05, 4.69) is 33.7 Å². The average Bonchev–Trinajstić information content (AvgIpc) is 3.15. The highest BCUT2D eigenvalue weighted by Crippen LogP contribution is 2.34. The second kappa shape index (κ2) is 8.29. The maximum absolute atomic E-state index is 12.5. The van der Waals surface area contributed by atoms with E-state index in [-0.39, 0.29) is 10.9 Å². The average molecular weight is 422 g/mol. The van der Waals surface area contributed by atoms with Crippen LogP contribution in [-0.4, -0.2) is 20.4 Å². The van der Waals surface area contributed by atoms with E-state index in [1.807, 2.05) is 25.2 Å². The van der Waals surface area contributed by atoms with Crippen LogP contribution in [0.1, 0.15) is 24.9 Å². The largest absolute Gasteiger partial charge is 0.366 e. The Morgan fingerprint density at radius 3 is 2.56 bits per heavy atom. The molecule has 0 aliphatic rings. The molecule has 0 aliphatic heterocycles. The minimum Gasteiger partial charge on any atom is -0.366 e. The van der Waals surface area contributed by atoms with Crippen LogP contribution in [0.5, 0.6) is 0 Å². The number of thiazole rings is 1. The van der Waals surface area contributed by atoms with Gasteiger partial charge in [0.15, 0.2) is 5.13 Å². The summed E-state index contributed by atoms with van der Waals surface area (Å²) in [4.78, 5) is 6.13. The fourth-order valence-electron chi connectivity index (χ4n) is 2.96. The lowest BCUT2D eigenvalue weighted by Gasteiger charge is -2.30. The van der Waals surface area contributed by atoms with Gasteiger partial charge in [0.25, 0.3) is 10.0 Å². The minimum absolute atomic E-state index is 0.104. The number of aromatic nitrogens is 1. The number of hydrogen-bond donors (Lipinski definition) is 1. The molecule has 0 radical (unpaired) electrons. The number of halogens is 1.